The van der Waals surface area contributed by atoms with Gasteiger partial charge in [-0.15, -0.1) is 0 Å². The third-order valence-corrected chi connectivity index (χ3v) is 10.9. The number of hydrogen-bond donors (Lipinski definition) is 6. The van der Waals surface area contributed by atoms with Crippen LogP contribution >= 0.6 is 11.3 Å². The number of amides is 3. The first-order valence-electron chi connectivity index (χ1n) is 19.0. The molecular weight excluding hydrogens is 725 g/mol. The molecular formula is C44H46N6O5S. The van der Waals surface area contributed by atoms with Gasteiger partial charge in [0.15, 0.2) is 6.61 Å². The molecule has 1 fully saturated rings. The highest BCUT2D eigenvalue weighted by Gasteiger charge is 2.21. The van der Waals surface area contributed by atoms with Crippen LogP contribution < -0.4 is 30.9 Å². The molecule has 288 valence electrons. The highest BCUT2D eigenvalue weighted by atomic mass is 32.1. The van der Waals surface area contributed by atoms with Gasteiger partial charge in [-0.2, -0.15) is 0 Å². The number of ether oxygens (including phenoxy) is 1. The molecule has 0 unspecified atom stereocenters. The summed E-state index contributed by atoms with van der Waals surface area (Å²) in [6, 6.07) is 36.9. The number of rotatable bonds is 15. The van der Waals surface area contributed by atoms with Crippen molar-refractivity contribution in [1.82, 2.24) is 20.5 Å². The number of aromatic hydroxyl groups is 1. The Morgan fingerprint density at radius 3 is 2.45 bits per heavy atom. The van der Waals surface area contributed by atoms with Crippen molar-refractivity contribution < 1.29 is 19.4 Å². The van der Waals surface area contributed by atoms with E-state index in [1.165, 1.54) is 5.56 Å². The maximum absolute atomic E-state index is 12.9. The van der Waals surface area contributed by atoms with E-state index in [-0.39, 0.29) is 35.2 Å². The quantitative estimate of drug-likeness (QED) is 0.0609. The van der Waals surface area contributed by atoms with Crippen LogP contribution in [0.4, 0.5) is 16.2 Å². The number of hydrogen-bond acceptors (Lipinski definition) is 8. The number of urea groups is 1. The summed E-state index contributed by atoms with van der Waals surface area (Å²) in [5.41, 5.74) is 7.27. The number of anilines is 2. The SMILES string of the molecule is O=C(COc1cccc(CNCCc2ccc(O)c3[nH]c(=O)sc23)c1)Nc1ccc(CCN2CCC(NC(=O)Nc3ccccc3-c3ccccc3)CC2)cc1. The molecule has 1 aromatic heterocycles. The average Bonchev–Trinajstić information content (AvgIpc) is 3.63. The number of aromatic nitrogens is 1. The average molecular weight is 771 g/mol. The van der Waals surface area contributed by atoms with Crippen LogP contribution in [0.1, 0.15) is 29.5 Å². The maximum Gasteiger partial charge on any atom is 0.319 e. The molecule has 5 aromatic carbocycles. The minimum Gasteiger partial charge on any atom is -0.506 e. The van der Waals surface area contributed by atoms with Crippen LogP contribution in [0.25, 0.3) is 21.3 Å². The fraction of sp³-hybridized carbons (Fsp3) is 0.250. The van der Waals surface area contributed by atoms with Crippen LogP contribution in [-0.2, 0) is 24.2 Å². The molecule has 0 bridgehead atoms. The van der Waals surface area contributed by atoms with Crippen molar-refractivity contribution in [2.45, 2.75) is 38.3 Å². The summed E-state index contributed by atoms with van der Waals surface area (Å²) < 4.78 is 6.58. The van der Waals surface area contributed by atoms with E-state index in [0.29, 0.717) is 30.8 Å². The number of phenolic OH excluding ortho intramolecular Hbond substituents is 1. The lowest BCUT2D eigenvalue weighted by molar-refractivity contribution is -0.118. The Morgan fingerprint density at radius 1 is 0.839 bits per heavy atom. The van der Waals surface area contributed by atoms with Gasteiger partial charge in [0.1, 0.15) is 17.0 Å². The Kier molecular flexibility index (Phi) is 12.7. The van der Waals surface area contributed by atoms with E-state index in [2.05, 4.69) is 31.2 Å². The first kappa shape index (κ1) is 38.3. The molecule has 1 aliphatic rings. The van der Waals surface area contributed by atoms with E-state index < -0.39 is 0 Å². The number of likely N-dealkylation sites (tertiary alicyclic amines) is 1. The third-order valence-electron chi connectivity index (χ3n) is 9.94. The van der Waals surface area contributed by atoms with Gasteiger partial charge in [0.05, 0.1) is 10.4 Å². The van der Waals surface area contributed by atoms with Crippen LogP contribution in [0.2, 0.25) is 0 Å². The number of piperidine rings is 1. The van der Waals surface area contributed by atoms with Crippen molar-refractivity contribution in [2.24, 2.45) is 0 Å². The summed E-state index contributed by atoms with van der Waals surface area (Å²) in [6.45, 7) is 3.95. The number of phenols is 1. The molecule has 0 atom stereocenters. The summed E-state index contributed by atoms with van der Waals surface area (Å²) in [5.74, 6) is 0.452. The Labute approximate surface area is 329 Å². The number of para-hydroxylation sites is 1. The predicted molar refractivity (Wildman–Crippen MR) is 224 cm³/mol. The van der Waals surface area contributed by atoms with Gasteiger partial charge in [0.2, 0.25) is 0 Å². The van der Waals surface area contributed by atoms with Crippen molar-refractivity contribution in [3.63, 3.8) is 0 Å². The van der Waals surface area contributed by atoms with Crippen molar-refractivity contribution in [2.75, 3.05) is 43.4 Å². The number of carbonyl (C=O) groups is 2. The van der Waals surface area contributed by atoms with Gasteiger partial charge in [0.25, 0.3) is 5.91 Å². The predicted octanol–water partition coefficient (Wildman–Crippen LogP) is 7.14. The lowest BCUT2D eigenvalue weighted by atomic mass is 10.0. The number of H-pyrrole nitrogens is 1. The molecule has 0 spiro atoms. The highest BCUT2D eigenvalue weighted by Crippen LogP contribution is 2.29. The molecule has 7 rings (SSSR count). The molecule has 11 nitrogen and oxygen atoms in total. The van der Waals surface area contributed by atoms with Crippen molar-refractivity contribution in [3.05, 3.63) is 142 Å². The molecule has 2 heterocycles. The van der Waals surface area contributed by atoms with Crippen LogP contribution in [0, 0.1) is 0 Å². The Morgan fingerprint density at radius 2 is 1.62 bits per heavy atom. The zero-order valence-electron chi connectivity index (χ0n) is 31.1. The maximum atomic E-state index is 12.9. The fourth-order valence-corrected chi connectivity index (χ4v) is 7.86. The van der Waals surface area contributed by atoms with Crippen LogP contribution in [0.3, 0.4) is 0 Å². The van der Waals surface area contributed by atoms with E-state index in [1.807, 2.05) is 109 Å². The Balaban J connectivity index is 0.781. The van der Waals surface area contributed by atoms with Gasteiger partial charge in [-0.25, -0.2) is 4.79 Å². The lowest BCUT2D eigenvalue weighted by Crippen LogP contribution is -2.46. The molecule has 12 heteroatoms. The standard InChI is InChI=1S/C44H46N6O5S/c51-39-18-15-33(42-41(39)49-44(54)56-42)19-23-45-28-31-7-6-10-36(27-31)55-29-40(52)46-34-16-13-30(14-17-34)20-24-50-25-21-35(22-26-50)47-43(53)48-38-12-5-4-11-37(38)32-8-2-1-3-9-32/h1-18,27,35,45,51H,19-26,28-29H2,(H,46,52)(H,49,54)(H2,47,48,53). The van der Waals surface area contributed by atoms with Gasteiger partial charge < -0.3 is 41.0 Å². The molecule has 1 aliphatic heterocycles. The molecule has 1 saturated heterocycles. The number of thiazole rings is 1. The molecule has 0 radical (unpaired) electrons. The molecule has 3 amide bonds. The van der Waals surface area contributed by atoms with Crippen LogP contribution in [0.15, 0.2) is 120 Å². The monoisotopic (exact) mass is 770 g/mol. The zero-order chi connectivity index (χ0) is 38.7. The van der Waals surface area contributed by atoms with Gasteiger partial charge in [-0.1, -0.05) is 90.2 Å². The van der Waals surface area contributed by atoms with Gasteiger partial charge >= 0.3 is 10.9 Å². The number of benzene rings is 5. The summed E-state index contributed by atoms with van der Waals surface area (Å²) in [6.07, 6.45) is 3.39. The molecule has 0 aliphatic carbocycles. The van der Waals surface area contributed by atoms with Crippen molar-refractivity contribution in [3.8, 4) is 22.6 Å². The second-order valence-electron chi connectivity index (χ2n) is 13.9. The molecule has 0 saturated carbocycles. The topological polar surface area (TPSA) is 148 Å². The number of nitrogens with zero attached hydrogens (tertiary/aromatic N) is 1. The van der Waals surface area contributed by atoms with Crippen LogP contribution in [-0.4, -0.2) is 65.8 Å². The molecule has 6 aromatic rings. The van der Waals surface area contributed by atoms with E-state index in [4.69, 9.17) is 4.74 Å². The van der Waals surface area contributed by atoms with E-state index in [0.717, 1.165) is 88.6 Å². The summed E-state index contributed by atoms with van der Waals surface area (Å²) >= 11 is 1.11. The minimum atomic E-state index is -0.237. The zero-order valence-corrected chi connectivity index (χ0v) is 31.9. The number of fused-ring (bicyclic) bond motifs is 1. The van der Waals surface area contributed by atoms with Gasteiger partial charge in [-0.05, 0) is 90.9 Å². The fourth-order valence-electron chi connectivity index (χ4n) is 6.97. The Bertz CT molecular complexity index is 2300. The van der Waals surface area contributed by atoms with Gasteiger partial charge in [-0.3, -0.25) is 9.59 Å². The summed E-state index contributed by atoms with van der Waals surface area (Å²) in [7, 11) is 0. The van der Waals surface area contributed by atoms with Crippen molar-refractivity contribution >= 4 is 44.9 Å². The smallest absolute Gasteiger partial charge is 0.319 e. The van der Waals surface area contributed by atoms with E-state index in [9.17, 15) is 19.5 Å². The molecule has 56 heavy (non-hydrogen) atoms. The first-order chi connectivity index (χ1) is 27.4. The molecule has 6 N–H and O–H groups in total. The second-order valence-corrected chi connectivity index (χ2v) is 14.9. The van der Waals surface area contributed by atoms with E-state index >= 15 is 0 Å². The minimum absolute atomic E-state index is 0.0781. The first-order valence-corrected chi connectivity index (χ1v) is 19.8. The number of aromatic amines is 1. The summed E-state index contributed by atoms with van der Waals surface area (Å²) in [5, 5.41) is 22.6. The largest absolute Gasteiger partial charge is 0.506 e. The lowest BCUT2D eigenvalue weighted by Gasteiger charge is -2.32. The number of nitrogens with one attached hydrogen (secondary N) is 5. The highest BCUT2D eigenvalue weighted by molar-refractivity contribution is 7.16. The van der Waals surface area contributed by atoms with E-state index in [1.54, 1.807) is 6.07 Å². The van der Waals surface area contributed by atoms with Crippen molar-refractivity contribution in [1.29, 1.82) is 0 Å². The van der Waals surface area contributed by atoms with Gasteiger partial charge in [0, 0.05) is 43.5 Å². The number of carbonyl (C=O) groups excluding carboxylic acids is 2. The summed E-state index contributed by atoms with van der Waals surface area (Å²) in [4.78, 5) is 42.3. The normalized spacial score (nSPS) is 13.4. The van der Waals surface area contributed by atoms with Crippen LogP contribution in [0.5, 0.6) is 11.5 Å². The third kappa shape index (κ3) is 10.4. The second kappa shape index (κ2) is 18.6. The Hall–Kier alpha value is -5.95.